The topological polar surface area (TPSA) is 47.5 Å². The zero-order chi connectivity index (χ0) is 13.4. The Morgan fingerprint density at radius 2 is 1.78 bits per heavy atom. The molecule has 1 rings (SSSR count). The van der Waals surface area contributed by atoms with Gasteiger partial charge in [0.2, 0.25) is 0 Å². The van der Waals surface area contributed by atoms with E-state index in [1.165, 1.54) is 0 Å². The highest BCUT2D eigenvalue weighted by molar-refractivity contribution is 6.29. The van der Waals surface area contributed by atoms with Gasteiger partial charge in [0.05, 0.1) is 13.2 Å². The van der Waals surface area contributed by atoms with Gasteiger partial charge >= 0.3 is 0 Å². The highest BCUT2D eigenvalue weighted by atomic mass is 35.5. The smallest absolute Gasteiger partial charge is 0.134 e. The van der Waals surface area contributed by atoms with E-state index in [-0.39, 0.29) is 0 Å². The minimum atomic E-state index is 0.469. The zero-order valence-electron chi connectivity index (χ0n) is 11.1. The van der Waals surface area contributed by atoms with Gasteiger partial charge in [-0.1, -0.05) is 18.5 Å². The van der Waals surface area contributed by atoms with Gasteiger partial charge in [0.15, 0.2) is 0 Å². The molecule has 1 aromatic rings. The second kappa shape index (κ2) is 8.24. The van der Waals surface area contributed by atoms with E-state index in [1.54, 1.807) is 20.3 Å². The molecule has 6 heteroatoms. The fourth-order valence-electron chi connectivity index (χ4n) is 1.52. The van der Waals surface area contributed by atoms with E-state index in [1.807, 2.05) is 6.92 Å². The molecule has 18 heavy (non-hydrogen) atoms. The lowest BCUT2D eigenvalue weighted by atomic mass is 10.4. The average Bonchev–Trinajstić information content (AvgIpc) is 2.38. The van der Waals surface area contributed by atoms with Crippen molar-refractivity contribution in [3.8, 4) is 0 Å². The summed E-state index contributed by atoms with van der Waals surface area (Å²) in [5, 5.41) is 0.469. The van der Waals surface area contributed by atoms with Crippen LogP contribution in [0.25, 0.3) is 0 Å². The number of ether oxygens (including phenoxy) is 2. The highest BCUT2D eigenvalue weighted by Gasteiger charge is 2.10. The molecule has 0 spiro atoms. The molecular weight excluding hydrogens is 254 g/mol. The van der Waals surface area contributed by atoms with E-state index in [0.29, 0.717) is 18.4 Å². The molecule has 1 heterocycles. The molecular formula is C12H20ClN3O2. The summed E-state index contributed by atoms with van der Waals surface area (Å²) < 4.78 is 10.2. The van der Waals surface area contributed by atoms with Gasteiger partial charge < -0.3 is 14.4 Å². The van der Waals surface area contributed by atoms with Gasteiger partial charge in [0.25, 0.3) is 0 Å². The van der Waals surface area contributed by atoms with Crippen molar-refractivity contribution in [3.63, 3.8) is 0 Å². The van der Waals surface area contributed by atoms with E-state index < -0.39 is 0 Å². The summed E-state index contributed by atoms with van der Waals surface area (Å²) in [7, 11) is 3.36. The number of nitrogens with zero attached hydrogens (tertiary/aromatic N) is 3. The van der Waals surface area contributed by atoms with Crippen LogP contribution in [0.15, 0.2) is 6.07 Å². The number of methoxy groups -OCH3 is 2. The van der Waals surface area contributed by atoms with Crippen molar-refractivity contribution in [3.05, 3.63) is 17.0 Å². The van der Waals surface area contributed by atoms with Crippen LogP contribution in [0.5, 0.6) is 0 Å². The normalized spacial score (nSPS) is 10.7. The maximum Gasteiger partial charge on any atom is 0.134 e. The Morgan fingerprint density at radius 1 is 1.17 bits per heavy atom. The summed E-state index contributed by atoms with van der Waals surface area (Å²) >= 11 is 6.00. The fourth-order valence-corrected chi connectivity index (χ4v) is 1.71. The van der Waals surface area contributed by atoms with Gasteiger partial charge in [-0.15, -0.1) is 0 Å². The third kappa shape index (κ3) is 4.76. The highest BCUT2D eigenvalue weighted by Crippen LogP contribution is 2.16. The van der Waals surface area contributed by atoms with Crippen molar-refractivity contribution in [2.24, 2.45) is 0 Å². The van der Waals surface area contributed by atoms with Crippen LogP contribution in [-0.2, 0) is 15.9 Å². The van der Waals surface area contributed by atoms with Crippen LogP contribution in [0, 0.1) is 0 Å². The molecule has 0 aliphatic carbocycles. The van der Waals surface area contributed by atoms with Crippen molar-refractivity contribution in [2.45, 2.75) is 13.3 Å². The van der Waals surface area contributed by atoms with E-state index in [0.717, 1.165) is 31.2 Å². The summed E-state index contributed by atoms with van der Waals surface area (Å²) in [5.74, 6) is 1.57. The van der Waals surface area contributed by atoms with Crippen molar-refractivity contribution in [2.75, 3.05) is 45.4 Å². The molecule has 0 aliphatic heterocycles. The Balaban J connectivity index is 2.84. The molecule has 0 saturated heterocycles. The number of aryl methyl sites for hydroxylation is 1. The third-order valence-corrected chi connectivity index (χ3v) is 2.69. The molecule has 0 bridgehead atoms. The standard InChI is InChI=1S/C12H20ClN3O2/c1-4-11-14-10(13)9-12(15-11)16(5-7-17-2)6-8-18-3/h9H,4-8H2,1-3H3. The van der Waals surface area contributed by atoms with Gasteiger partial charge in [-0.05, 0) is 0 Å². The quantitative estimate of drug-likeness (QED) is 0.676. The fraction of sp³-hybridized carbons (Fsp3) is 0.667. The number of rotatable bonds is 8. The number of halogens is 1. The van der Waals surface area contributed by atoms with E-state index in [4.69, 9.17) is 21.1 Å². The molecule has 0 unspecified atom stereocenters. The van der Waals surface area contributed by atoms with E-state index >= 15 is 0 Å². The SMILES string of the molecule is CCc1nc(Cl)cc(N(CCOC)CCOC)n1. The number of hydrogen-bond acceptors (Lipinski definition) is 5. The van der Waals surface area contributed by atoms with E-state index in [2.05, 4.69) is 14.9 Å². The minimum Gasteiger partial charge on any atom is -0.383 e. The Morgan fingerprint density at radius 3 is 2.28 bits per heavy atom. The summed E-state index contributed by atoms with van der Waals surface area (Å²) in [6, 6.07) is 1.77. The number of hydrogen-bond donors (Lipinski definition) is 0. The Hall–Kier alpha value is -0.910. The van der Waals surface area contributed by atoms with Gasteiger partial charge in [-0.3, -0.25) is 0 Å². The van der Waals surface area contributed by atoms with Crippen molar-refractivity contribution < 1.29 is 9.47 Å². The van der Waals surface area contributed by atoms with Gasteiger partial charge in [-0.2, -0.15) is 0 Å². The maximum atomic E-state index is 6.00. The Kier molecular flexibility index (Phi) is 6.93. The number of aromatic nitrogens is 2. The first-order valence-electron chi connectivity index (χ1n) is 5.97. The third-order valence-electron chi connectivity index (χ3n) is 2.50. The first kappa shape index (κ1) is 15.1. The lowest BCUT2D eigenvalue weighted by Gasteiger charge is -2.23. The van der Waals surface area contributed by atoms with Crippen LogP contribution >= 0.6 is 11.6 Å². The van der Waals surface area contributed by atoms with Crippen molar-refractivity contribution >= 4 is 17.4 Å². The summed E-state index contributed by atoms with van der Waals surface area (Å²) in [4.78, 5) is 10.7. The molecule has 0 aromatic carbocycles. The lowest BCUT2D eigenvalue weighted by Crippen LogP contribution is -2.31. The summed E-state index contributed by atoms with van der Waals surface area (Å²) in [5.41, 5.74) is 0. The molecule has 0 N–H and O–H groups in total. The molecule has 0 fully saturated rings. The van der Waals surface area contributed by atoms with Crippen LogP contribution in [0.4, 0.5) is 5.82 Å². The van der Waals surface area contributed by atoms with Crippen LogP contribution in [0.3, 0.4) is 0 Å². The van der Waals surface area contributed by atoms with Gasteiger partial charge in [-0.25, -0.2) is 9.97 Å². The van der Waals surface area contributed by atoms with E-state index in [9.17, 15) is 0 Å². The Bertz CT molecular complexity index is 355. The molecule has 1 aromatic heterocycles. The van der Waals surface area contributed by atoms with Crippen LogP contribution < -0.4 is 4.90 Å². The predicted octanol–water partition coefficient (Wildman–Crippen LogP) is 1.79. The largest absolute Gasteiger partial charge is 0.383 e. The van der Waals surface area contributed by atoms with Crippen molar-refractivity contribution in [1.29, 1.82) is 0 Å². The predicted molar refractivity (Wildman–Crippen MR) is 72.4 cm³/mol. The average molecular weight is 274 g/mol. The first-order valence-corrected chi connectivity index (χ1v) is 6.35. The molecule has 0 amide bonds. The van der Waals surface area contributed by atoms with Crippen LogP contribution in [0.1, 0.15) is 12.7 Å². The molecule has 0 atom stereocenters. The zero-order valence-corrected chi connectivity index (χ0v) is 11.9. The minimum absolute atomic E-state index is 0.469. The summed E-state index contributed by atoms with van der Waals surface area (Å²) in [6.07, 6.45) is 0.760. The Labute approximate surface area is 113 Å². The second-order valence-electron chi connectivity index (χ2n) is 3.79. The summed E-state index contributed by atoms with van der Waals surface area (Å²) in [6.45, 7) is 4.76. The second-order valence-corrected chi connectivity index (χ2v) is 4.18. The van der Waals surface area contributed by atoms with Crippen molar-refractivity contribution in [1.82, 2.24) is 9.97 Å². The molecule has 102 valence electrons. The lowest BCUT2D eigenvalue weighted by molar-refractivity contribution is 0.190. The molecule has 0 aliphatic rings. The molecule has 0 radical (unpaired) electrons. The maximum absolute atomic E-state index is 6.00. The molecule has 0 saturated carbocycles. The van der Waals surface area contributed by atoms with Crippen LogP contribution in [-0.4, -0.2) is 50.5 Å². The first-order chi connectivity index (χ1) is 8.71. The van der Waals surface area contributed by atoms with Gasteiger partial charge in [0.1, 0.15) is 16.8 Å². The monoisotopic (exact) mass is 273 g/mol. The molecule has 5 nitrogen and oxygen atoms in total. The number of anilines is 1. The van der Waals surface area contributed by atoms with Crippen LogP contribution in [0.2, 0.25) is 5.15 Å². The van der Waals surface area contributed by atoms with Gasteiger partial charge in [0, 0.05) is 39.8 Å².